The lowest BCUT2D eigenvalue weighted by Gasteiger charge is -2.53. The zero-order valence-corrected chi connectivity index (χ0v) is 29.0. The van der Waals surface area contributed by atoms with Gasteiger partial charge < -0.3 is 25.5 Å². The van der Waals surface area contributed by atoms with Crippen LogP contribution in [-0.2, 0) is 9.59 Å². The number of hydrogen-bond acceptors (Lipinski definition) is 7. The van der Waals surface area contributed by atoms with Gasteiger partial charge in [0.05, 0.1) is 17.8 Å². The van der Waals surface area contributed by atoms with E-state index in [1.54, 1.807) is 0 Å². The number of piperidine rings is 1. The molecule has 3 amide bonds. The Hall–Kier alpha value is -3.28. The summed E-state index contributed by atoms with van der Waals surface area (Å²) in [5.74, 6) is -0.330. The number of likely N-dealkylation sites (N-methyl/N-ethyl adjacent to an activating group) is 1. The summed E-state index contributed by atoms with van der Waals surface area (Å²) in [6, 6.07) is 6.77. The minimum atomic E-state index is -0.939. The third-order valence-corrected chi connectivity index (χ3v) is 10.7. The van der Waals surface area contributed by atoms with Gasteiger partial charge in [-0.05, 0) is 83.7 Å². The van der Waals surface area contributed by atoms with Crippen LogP contribution in [0.5, 0.6) is 0 Å². The Morgan fingerprint density at radius 2 is 1.79 bits per heavy atom. The molecule has 0 bridgehead atoms. The minimum absolute atomic E-state index is 0.0413. The molecule has 1 spiro atoms. The molecule has 11 nitrogen and oxygen atoms in total. The van der Waals surface area contributed by atoms with Gasteiger partial charge in [-0.15, -0.1) is 0 Å². The molecule has 1 aromatic carbocycles. The van der Waals surface area contributed by atoms with E-state index in [-0.39, 0.29) is 29.7 Å². The van der Waals surface area contributed by atoms with Gasteiger partial charge in [0.1, 0.15) is 11.6 Å². The van der Waals surface area contributed by atoms with Gasteiger partial charge in [0.25, 0.3) is 5.91 Å². The Morgan fingerprint density at radius 1 is 1.11 bits per heavy atom. The molecule has 4 N–H and O–H groups in total. The number of aliphatic hydroxyl groups is 1. The molecule has 3 fully saturated rings. The van der Waals surface area contributed by atoms with Crippen LogP contribution in [0.3, 0.4) is 0 Å². The summed E-state index contributed by atoms with van der Waals surface area (Å²) < 4.78 is 0. The van der Waals surface area contributed by atoms with E-state index in [1.807, 2.05) is 62.0 Å². The monoisotopic (exact) mass is 649 g/mol. The van der Waals surface area contributed by atoms with Gasteiger partial charge in [0.15, 0.2) is 0 Å². The number of aryl methyl sites for hydroxylation is 2. The zero-order chi connectivity index (χ0) is 33.7. The van der Waals surface area contributed by atoms with Crippen LogP contribution in [0.25, 0.3) is 0 Å². The van der Waals surface area contributed by atoms with E-state index in [0.29, 0.717) is 44.6 Å². The summed E-state index contributed by atoms with van der Waals surface area (Å²) >= 11 is 0. The van der Waals surface area contributed by atoms with Gasteiger partial charge in [0.2, 0.25) is 11.8 Å². The first kappa shape index (κ1) is 35.0. The van der Waals surface area contributed by atoms with E-state index >= 15 is 0 Å². The third-order valence-electron chi connectivity index (χ3n) is 10.7. The predicted molar refractivity (Wildman–Crippen MR) is 182 cm³/mol. The Balaban J connectivity index is 1.37. The summed E-state index contributed by atoms with van der Waals surface area (Å²) in [7, 11) is 3.95. The number of hydrogen-bond donors (Lipinski definition) is 4. The van der Waals surface area contributed by atoms with Crippen molar-refractivity contribution in [3.05, 3.63) is 52.3 Å². The molecule has 2 saturated heterocycles. The van der Waals surface area contributed by atoms with Crippen molar-refractivity contribution in [2.75, 3.05) is 46.8 Å². The molecule has 1 aromatic heterocycles. The molecular formula is C36H55N7O4. The predicted octanol–water partition coefficient (Wildman–Crippen LogP) is 3.31. The second-order valence-corrected chi connectivity index (χ2v) is 14.2. The normalized spacial score (nSPS) is 22.0. The first-order chi connectivity index (χ1) is 22.6. The number of unbranched alkanes of at least 4 members (excludes halogenated alkanes) is 1. The van der Waals surface area contributed by atoms with Crippen LogP contribution in [0.1, 0.15) is 104 Å². The van der Waals surface area contributed by atoms with Crippen molar-refractivity contribution in [3.8, 4) is 0 Å². The Kier molecular flexibility index (Phi) is 11.4. The number of piperazine rings is 1. The van der Waals surface area contributed by atoms with Crippen molar-refractivity contribution in [3.63, 3.8) is 0 Å². The fraction of sp³-hybridized carbons (Fsp3) is 0.667. The molecule has 5 rings (SSSR count). The average molecular weight is 650 g/mol. The molecule has 2 aliphatic heterocycles. The van der Waals surface area contributed by atoms with E-state index in [2.05, 4.69) is 32.7 Å². The van der Waals surface area contributed by atoms with Crippen LogP contribution in [-0.4, -0.2) is 112 Å². The molecule has 2 aromatic rings. The molecular weight excluding hydrogens is 594 g/mol. The van der Waals surface area contributed by atoms with Gasteiger partial charge in [-0.3, -0.25) is 24.4 Å². The summed E-state index contributed by atoms with van der Waals surface area (Å²) in [6.07, 6.45) is 6.92. The number of carbonyl (C=O) groups is 3. The van der Waals surface area contributed by atoms with Crippen LogP contribution in [0, 0.1) is 19.8 Å². The number of benzene rings is 1. The van der Waals surface area contributed by atoms with E-state index in [9.17, 15) is 19.5 Å². The van der Waals surface area contributed by atoms with E-state index in [0.717, 1.165) is 74.0 Å². The number of nitrogens with zero attached hydrogens (tertiary/aromatic N) is 4. The molecule has 3 atom stereocenters. The Bertz CT molecular complexity index is 1360. The van der Waals surface area contributed by atoms with Crippen LogP contribution in [0.2, 0.25) is 0 Å². The summed E-state index contributed by atoms with van der Waals surface area (Å²) in [5.41, 5.74) is 3.69. The highest BCUT2D eigenvalue weighted by Crippen LogP contribution is 2.40. The SMILES string of the molecule is CCCCN1C(=O)[C@@H]([C@H](O)C2CCCCC2)NC(=O)C12CCN(C(c1ccc(C(=O)NCCN(C)C)cc1)c1c(C)n[nH]c1C)CC2. The molecule has 47 heavy (non-hydrogen) atoms. The average Bonchev–Trinajstić information content (AvgIpc) is 3.40. The maximum atomic E-state index is 14.1. The highest BCUT2D eigenvalue weighted by molar-refractivity contribution is 6.00. The minimum Gasteiger partial charge on any atom is -0.390 e. The summed E-state index contributed by atoms with van der Waals surface area (Å²) in [4.78, 5) is 47.2. The third kappa shape index (κ3) is 7.42. The van der Waals surface area contributed by atoms with E-state index in [1.165, 1.54) is 0 Å². The number of rotatable bonds is 12. The van der Waals surface area contributed by atoms with E-state index < -0.39 is 17.7 Å². The van der Waals surface area contributed by atoms with Crippen molar-refractivity contribution < 1.29 is 19.5 Å². The molecule has 11 heteroatoms. The van der Waals surface area contributed by atoms with Crippen LogP contribution >= 0.6 is 0 Å². The number of likely N-dealkylation sites (tertiary alicyclic amines) is 1. The number of nitrogens with one attached hydrogen (secondary N) is 3. The molecule has 1 unspecified atom stereocenters. The standard InChI is InChI=1S/C36H55N7O4/c1-6-7-20-43-34(46)30(32(44)27-11-9-8-10-12-27)38-35(47)36(43)17-21-42(22-18-36)31(29-24(2)39-40-25(29)3)26-13-15-28(16-14-26)33(45)37-19-23-41(4)5/h13-16,27,30-32,44H,6-12,17-23H2,1-5H3,(H,37,45)(H,38,47)(H,39,40)/t30-,31?,32-/m1/s1. The van der Waals surface area contributed by atoms with Crippen LogP contribution < -0.4 is 10.6 Å². The molecule has 3 heterocycles. The maximum Gasteiger partial charge on any atom is 0.251 e. The van der Waals surface area contributed by atoms with Crippen molar-refractivity contribution in [2.45, 2.75) is 102 Å². The molecule has 0 radical (unpaired) electrons. The fourth-order valence-electron chi connectivity index (χ4n) is 7.94. The fourth-order valence-corrected chi connectivity index (χ4v) is 7.94. The number of aliphatic hydroxyl groups excluding tert-OH is 1. The van der Waals surface area contributed by atoms with Crippen LogP contribution in [0.15, 0.2) is 24.3 Å². The molecule has 1 aliphatic carbocycles. The molecule has 1 saturated carbocycles. The molecule has 3 aliphatic rings. The lowest BCUT2D eigenvalue weighted by molar-refractivity contribution is -0.166. The largest absolute Gasteiger partial charge is 0.390 e. The van der Waals surface area contributed by atoms with Crippen LogP contribution in [0.4, 0.5) is 0 Å². The zero-order valence-electron chi connectivity index (χ0n) is 29.0. The van der Waals surface area contributed by atoms with Crippen molar-refractivity contribution >= 4 is 17.7 Å². The number of aromatic nitrogens is 2. The van der Waals surface area contributed by atoms with Crippen molar-refractivity contribution in [2.24, 2.45) is 5.92 Å². The van der Waals surface area contributed by atoms with Crippen molar-refractivity contribution in [1.29, 1.82) is 0 Å². The van der Waals surface area contributed by atoms with Gasteiger partial charge in [0, 0.05) is 49.5 Å². The maximum absolute atomic E-state index is 14.1. The van der Waals surface area contributed by atoms with Gasteiger partial charge >= 0.3 is 0 Å². The van der Waals surface area contributed by atoms with Gasteiger partial charge in [-0.25, -0.2) is 0 Å². The molecule has 258 valence electrons. The van der Waals surface area contributed by atoms with Gasteiger partial charge in [-0.2, -0.15) is 5.10 Å². The number of aromatic amines is 1. The van der Waals surface area contributed by atoms with Gasteiger partial charge in [-0.1, -0.05) is 44.7 Å². The Morgan fingerprint density at radius 3 is 2.38 bits per heavy atom. The van der Waals surface area contributed by atoms with E-state index in [4.69, 9.17) is 0 Å². The highest BCUT2D eigenvalue weighted by Gasteiger charge is 2.55. The smallest absolute Gasteiger partial charge is 0.251 e. The Labute approximate surface area is 279 Å². The topological polar surface area (TPSA) is 134 Å². The number of amides is 3. The highest BCUT2D eigenvalue weighted by atomic mass is 16.3. The first-order valence-corrected chi connectivity index (χ1v) is 17.7. The summed E-state index contributed by atoms with van der Waals surface area (Å²) in [5, 5.41) is 25.0. The second-order valence-electron chi connectivity index (χ2n) is 14.2. The lowest BCUT2D eigenvalue weighted by Crippen LogP contribution is -2.75. The lowest BCUT2D eigenvalue weighted by atomic mass is 9.77. The number of H-pyrrole nitrogens is 1. The number of carbonyl (C=O) groups excluding carboxylic acids is 3. The quantitative estimate of drug-likeness (QED) is 0.277. The summed E-state index contributed by atoms with van der Waals surface area (Å²) in [6.45, 7) is 9.17. The second kappa shape index (κ2) is 15.3. The first-order valence-electron chi connectivity index (χ1n) is 17.7. The van der Waals surface area contributed by atoms with Crippen molar-refractivity contribution in [1.82, 2.24) is 35.5 Å².